The molecule has 0 bridgehead atoms. The smallest absolute Gasteiger partial charge is 0.413 e. The number of cyclic esters (lactones) is 1. The van der Waals surface area contributed by atoms with Gasteiger partial charge in [-0.2, -0.15) is 0 Å². The van der Waals surface area contributed by atoms with E-state index in [1.54, 1.807) is 6.07 Å². The molecule has 0 radical (unpaired) electrons. The van der Waals surface area contributed by atoms with E-state index in [0.29, 0.717) is 11.7 Å². The largest absolute Gasteiger partial charge is 0.435 e. The summed E-state index contributed by atoms with van der Waals surface area (Å²) in [5, 5.41) is 5.96. The number of fused-ring (bicyclic) bond motifs is 1. The number of carbonyl (C=O) groups is 1. The molecule has 1 saturated heterocycles. The summed E-state index contributed by atoms with van der Waals surface area (Å²) in [7, 11) is 0. The molecule has 4 heterocycles. The summed E-state index contributed by atoms with van der Waals surface area (Å²) in [6.07, 6.45) is -1.86. The molecule has 2 atom stereocenters. The number of anilines is 2. The van der Waals surface area contributed by atoms with Crippen LogP contribution >= 0.6 is 0 Å². The van der Waals surface area contributed by atoms with Gasteiger partial charge in [0, 0.05) is 25.7 Å². The number of hydrogen-bond acceptors (Lipinski definition) is 7. The molecule has 0 spiro atoms. The lowest BCUT2D eigenvalue weighted by molar-refractivity contribution is -0.0170. The third kappa shape index (κ3) is 3.55. The zero-order valence-electron chi connectivity index (χ0n) is 16.4. The van der Waals surface area contributed by atoms with Gasteiger partial charge in [0.1, 0.15) is 23.7 Å². The molecule has 10 heteroatoms. The Morgan fingerprint density at radius 1 is 1.27 bits per heavy atom. The Labute approximate surface area is 172 Å². The Morgan fingerprint density at radius 2 is 2.10 bits per heavy atom. The summed E-state index contributed by atoms with van der Waals surface area (Å²) in [5.41, 5.74) is 1.69. The third-order valence-electron chi connectivity index (χ3n) is 5.77. The molecular formula is C20H22F2N6O2. The number of rotatable bonds is 4. The van der Waals surface area contributed by atoms with Crippen molar-refractivity contribution >= 4 is 17.7 Å². The minimum Gasteiger partial charge on any atom is -0.435 e. The van der Waals surface area contributed by atoms with Gasteiger partial charge in [-0.25, -0.2) is 28.5 Å². The van der Waals surface area contributed by atoms with Gasteiger partial charge in [0.15, 0.2) is 6.10 Å². The van der Waals surface area contributed by atoms with E-state index < -0.39 is 18.6 Å². The maximum absolute atomic E-state index is 13.6. The van der Waals surface area contributed by atoms with Crippen LogP contribution in [-0.4, -0.2) is 53.1 Å². The fourth-order valence-electron chi connectivity index (χ4n) is 4.18. The van der Waals surface area contributed by atoms with Crippen LogP contribution in [0.3, 0.4) is 0 Å². The van der Waals surface area contributed by atoms with E-state index in [1.165, 1.54) is 19.2 Å². The second kappa shape index (κ2) is 7.42. The first-order valence-corrected chi connectivity index (χ1v) is 10.1. The Bertz CT molecular complexity index is 984. The zero-order valence-corrected chi connectivity index (χ0v) is 16.4. The van der Waals surface area contributed by atoms with Gasteiger partial charge in [-0.1, -0.05) is 0 Å². The van der Waals surface area contributed by atoms with Crippen molar-refractivity contribution in [3.63, 3.8) is 0 Å². The highest BCUT2D eigenvalue weighted by Gasteiger charge is 2.38. The molecule has 158 valence electrons. The summed E-state index contributed by atoms with van der Waals surface area (Å²) in [6.45, 7) is 4.50. The molecule has 2 aromatic rings. The van der Waals surface area contributed by atoms with Crippen molar-refractivity contribution in [1.82, 2.24) is 20.3 Å². The van der Waals surface area contributed by atoms with Crippen LogP contribution in [0.15, 0.2) is 18.5 Å². The standard InChI is InChI=1S/C20H22F2N6O2/c1-10-6-12(26-14(7-10)28-5-4-23-13(8-28)11-2-3-11)16-15-17(18(21)22)30-20(29)27-19(15)25-9-24-16/h6-7,9,11,13,17-18,23H,2-5,8H2,1H3,(H,24,25,27,29)/t13-,17-/m1/s1. The van der Waals surface area contributed by atoms with Gasteiger partial charge in [-0.15, -0.1) is 0 Å². The average molecular weight is 416 g/mol. The number of ether oxygens (including phenoxy) is 1. The first kappa shape index (κ1) is 19.1. The number of hydrogen-bond donors (Lipinski definition) is 2. The fraction of sp³-hybridized carbons (Fsp3) is 0.500. The van der Waals surface area contributed by atoms with Crippen molar-refractivity contribution in [3.05, 3.63) is 29.6 Å². The lowest BCUT2D eigenvalue weighted by Crippen LogP contribution is -2.52. The maximum atomic E-state index is 13.6. The number of piperazine rings is 1. The zero-order chi connectivity index (χ0) is 20.8. The number of halogens is 2. The Hall–Kier alpha value is -2.88. The van der Waals surface area contributed by atoms with Crippen LogP contribution in [0.2, 0.25) is 0 Å². The lowest BCUT2D eigenvalue weighted by atomic mass is 10.0. The monoisotopic (exact) mass is 416 g/mol. The molecule has 1 saturated carbocycles. The van der Waals surface area contributed by atoms with Gasteiger partial charge in [-0.3, -0.25) is 5.32 Å². The summed E-state index contributed by atoms with van der Waals surface area (Å²) in [4.78, 5) is 26.8. The van der Waals surface area contributed by atoms with Crippen LogP contribution in [0.4, 0.5) is 25.2 Å². The lowest BCUT2D eigenvalue weighted by Gasteiger charge is -2.35. The predicted octanol–water partition coefficient (Wildman–Crippen LogP) is 2.90. The highest BCUT2D eigenvalue weighted by Crippen LogP contribution is 2.39. The molecule has 1 aliphatic carbocycles. The number of nitrogens with one attached hydrogen (secondary N) is 2. The molecule has 2 aliphatic heterocycles. The Morgan fingerprint density at radius 3 is 2.87 bits per heavy atom. The van der Waals surface area contributed by atoms with Crippen LogP contribution in [0.5, 0.6) is 0 Å². The fourth-order valence-corrected chi connectivity index (χ4v) is 4.18. The van der Waals surface area contributed by atoms with Crippen LogP contribution < -0.4 is 15.5 Å². The minimum atomic E-state index is -2.91. The second-order valence-electron chi connectivity index (χ2n) is 8.00. The number of amides is 1. The minimum absolute atomic E-state index is 0.0300. The average Bonchev–Trinajstić information content (AvgIpc) is 3.57. The topological polar surface area (TPSA) is 92.3 Å². The van der Waals surface area contributed by atoms with Gasteiger partial charge in [0.05, 0.1) is 11.3 Å². The first-order valence-electron chi connectivity index (χ1n) is 10.1. The van der Waals surface area contributed by atoms with E-state index in [2.05, 4.69) is 25.5 Å². The van der Waals surface area contributed by atoms with Crippen LogP contribution in [0, 0.1) is 12.8 Å². The summed E-state index contributed by atoms with van der Waals surface area (Å²) < 4.78 is 32.1. The van der Waals surface area contributed by atoms with Gasteiger partial charge in [0.2, 0.25) is 0 Å². The molecular weight excluding hydrogens is 394 g/mol. The van der Waals surface area contributed by atoms with E-state index in [-0.39, 0.29) is 17.1 Å². The maximum Gasteiger partial charge on any atom is 0.413 e. The van der Waals surface area contributed by atoms with Crippen molar-refractivity contribution < 1.29 is 18.3 Å². The van der Waals surface area contributed by atoms with E-state index >= 15 is 0 Å². The van der Waals surface area contributed by atoms with Crippen molar-refractivity contribution in [2.24, 2.45) is 5.92 Å². The normalized spacial score (nSPS) is 23.7. The van der Waals surface area contributed by atoms with Crippen LogP contribution in [-0.2, 0) is 4.74 Å². The van der Waals surface area contributed by atoms with Crippen molar-refractivity contribution in [1.29, 1.82) is 0 Å². The third-order valence-corrected chi connectivity index (χ3v) is 5.77. The Balaban J connectivity index is 1.54. The van der Waals surface area contributed by atoms with Crippen molar-refractivity contribution in [2.75, 3.05) is 29.9 Å². The van der Waals surface area contributed by atoms with E-state index in [1.807, 2.05) is 13.0 Å². The summed E-state index contributed by atoms with van der Waals surface area (Å²) >= 11 is 0. The summed E-state index contributed by atoms with van der Waals surface area (Å²) in [5.74, 6) is 1.54. The number of carbonyl (C=O) groups excluding carboxylic acids is 1. The molecule has 1 amide bonds. The Kier molecular flexibility index (Phi) is 4.73. The predicted molar refractivity (Wildman–Crippen MR) is 106 cm³/mol. The van der Waals surface area contributed by atoms with E-state index in [0.717, 1.165) is 36.9 Å². The number of pyridine rings is 1. The molecule has 3 aliphatic rings. The SMILES string of the molecule is Cc1cc(-c2ncnc3c2[C@H](C(F)F)OC(=O)N3)nc(N2CCN[C@@H](C3CC3)C2)c1. The number of alkyl halides is 2. The molecule has 8 nitrogen and oxygen atoms in total. The summed E-state index contributed by atoms with van der Waals surface area (Å²) in [6, 6.07) is 4.24. The molecule has 0 aromatic carbocycles. The van der Waals surface area contributed by atoms with Crippen molar-refractivity contribution in [2.45, 2.75) is 38.3 Å². The number of aromatic nitrogens is 3. The highest BCUT2D eigenvalue weighted by molar-refractivity contribution is 5.88. The van der Waals surface area contributed by atoms with Gasteiger partial charge in [0.25, 0.3) is 6.43 Å². The molecule has 5 rings (SSSR count). The molecule has 2 N–H and O–H groups in total. The van der Waals surface area contributed by atoms with Gasteiger partial charge < -0.3 is 15.0 Å². The molecule has 2 fully saturated rings. The van der Waals surface area contributed by atoms with E-state index in [9.17, 15) is 13.6 Å². The van der Waals surface area contributed by atoms with Gasteiger partial charge in [-0.05, 0) is 43.4 Å². The molecule has 2 aromatic heterocycles. The second-order valence-corrected chi connectivity index (χ2v) is 8.00. The molecule has 0 unspecified atom stereocenters. The molecule has 30 heavy (non-hydrogen) atoms. The van der Waals surface area contributed by atoms with E-state index in [4.69, 9.17) is 9.72 Å². The number of aryl methyl sites for hydroxylation is 1. The number of nitrogens with zero attached hydrogens (tertiary/aromatic N) is 4. The van der Waals surface area contributed by atoms with Gasteiger partial charge >= 0.3 is 6.09 Å². The first-order chi connectivity index (χ1) is 14.5. The quantitative estimate of drug-likeness (QED) is 0.792. The van der Waals surface area contributed by atoms with Crippen LogP contribution in [0.25, 0.3) is 11.4 Å². The van der Waals surface area contributed by atoms with Crippen molar-refractivity contribution in [3.8, 4) is 11.4 Å². The highest BCUT2D eigenvalue weighted by atomic mass is 19.3. The van der Waals surface area contributed by atoms with Crippen LogP contribution in [0.1, 0.15) is 30.1 Å².